The number of likely N-dealkylation sites (tertiary alicyclic amines) is 1. The van der Waals surface area contributed by atoms with Crippen LogP contribution in [0.25, 0.3) is 0 Å². The molecule has 27 heavy (non-hydrogen) atoms. The van der Waals surface area contributed by atoms with E-state index in [0.29, 0.717) is 0 Å². The van der Waals surface area contributed by atoms with Gasteiger partial charge in [0.25, 0.3) is 0 Å². The van der Waals surface area contributed by atoms with E-state index < -0.39 is 0 Å². The summed E-state index contributed by atoms with van der Waals surface area (Å²) in [6.07, 6.45) is 4.82. The van der Waals surface area contributed by atoms with Crippen molar-refractivity contribution in [1.29, 1.82) is 0 Å². The van der Waals surface area contributed by atoms with Gasteiger partial charge in [-0.1, -0.05) is 6.07 Å². The predicted octanol–water partition coefficient (Wildman–Crippen LogP) is 2.87. The van der Waals surface area contributed by atoms with E-state index in [-0.39, 0.29) is 5.60 Å². The first-order valence-electron chi connectivity index (χ1n) is 9.54. The van der Waals surface area contributed by atoms with E-state index in [1.54, 1.807) is 14.2 Å². The average molecular weight is 369 g/mol. The van der Waals surface area contributed by atoms with Crippen LogP contribution in [0.15, 0.2) is 24.4 Å². The molecule has 1 aromatic heterocycles. The molecule has 1 fully saturated rings. The van der Waals surface area contributed by atoms with Crippen LogP contribution in [0, 0.1) is 6.92 Å². The van der Waals surface area contributed by atoms with E-state index in [1.165, 1.54) is 11.1 Å². The van der Waals surface area contributed by atoms with Crippen molar-refractivity contribution in [3.05, 3.63) is 47.0 Å². The second kappa shape index (κ2) is 7.44. The van der Waals surface area contributed by atoms with E-state index >= 15 is 0 Å². The van der Waals surface area contributed by atoms with Crippen LogP contribution in [0.5, 0.6) is 11.5 Å². The van der Waals surface area contributed by atoms with Gasteiger partial charge in [0.2, 0.25) is 0 Å². The summed E-state index contributed by atoms with van der Waals surface area (Å²) in [6, 6.07) is 6.14. The zero-order valence-corrected chi connectivity index (χ0v) is 16.3. The molecule has 1 aromatic carbocycles. The molecule has 1 spiro atoms. The Bertz CT molecular complexity index is 816. The van der Waals surface area contributed by atoms with E-state index in [9.17, 15) is 0 Å². The number of fused-ring (bicyclic) bond motifs is 2. The Labute approximate surface area is 160 Å². The van der Waals surface area contributed by atoms with Crippen LogP contribution in [0.4, 0.5) is 0 Å². The van der Waals surface area contributed by atoms with Gasteiger partial charge in [0, 0.05) is 25.8 Å². The number of hydrogen-bond acceptors (Lipinski definition) is 6. The Morgan fingerprint density at radius 3 is 2.67 bits per heavy atom. The summed E-state index contributed by atoms with van der Waals surface area (Å²) in [7, 11) is 3.34. The van der Waals surface area contributed by atoms with E-state index in [1.807, 2.05) is 19.2 Å². The minimum atomic E-state index is -0.241. The summed E-state index contributed by atoms with van der Waals surface area (Å²) >= 11 is 0. The summed E-state index contributed by atoms with van der Waals surface area (Å²) in [5.41, 5.74) is 3.36. The summed E-state index contributed by atoms with van der Waals surface area (Å²) < 4.78 is 17.1. The molecule has 144 valence electrons. The first-order valence-corrected chi connectivity index (χ1v) is 9.54. The molecule has 1 saturated heterocycles. The topological polar surface area (TPSA) is 56.7 Å². The Morgan fingerprint density at radius 2 is 1.93 bits per heavy atom. The molecule has 0 radical (unpaired) electrons. The zero-order chi connectivity index (χ0) is 18.9. The van der Waals surface area contributed by atoms with Crippen LogP contribution in [0.2, 0.25) is 0 Å². The maximum atomic E-state index is 6.30. The van der Waals surface area contributed by atoms with Crippen LogP contribution < -0.4 is 9.47 Å². The highest BCUT2D eigenvalue weighted by atomic mass is 16.5. The number of piperidine rings is 1. The van der Waals surface area contributed by atoms with Crippen molar-refractivity contribution in [2.24, 2.45) is 0 Å². The third kappa shape index (κ3) is 3.51. The van der Waals surface area contributed by atoms with Crippen molar-refractivity contribution in [3.8, 4) is 11.5 Å². The fourth-order valence-corrected chi connectivity index (χ4v) is 4.19. The van der Waals surface area contributed by atoms with Gasteiger partial charge in [0.15, 0.2) is 11.5 Å². The largest absolute Gasteiger partial charge is 0.493 e. The second-order valence-electron chi connectivity index (χ2n) is 7.35. The Kier molecular flexibility index (Phi) is 5.02. The lowest BCUT2D eigenvalue weighted by atomic mass is 9.83. The fraction of sp³-hybridized carbons (Fsp3) is 0.524. The molecule has 0 N–H and O–H groups in total. The van der Waals surface area contributed by atoms with Crippen molar-refractivity contribution in [2.75, 3.05) is 33.9 Å². The molecule has 0 bridgehead atoms. The number of nitrogens with zero attached hydrogens (tertiary/aromatic N) is 3. The summed E-state index contributed by atoms with van der Waals surface area (Å²) in [5, 5.41) is 0. The number of benzene rings is 1. The number of ether oxygens (including phenoxy) is 3. The maximum Gasteiger partial charge on any atom is 0.161 e. The number of rotatable bonds is 4. The van der Waals surface area contributed by atoms with Crippen molar-refractivity contribution in [2.45, 2.75) is 38.3 Å². The predicted molar refractivity (Wildman–Crippen MR) is 102 cm³/mol. The summed E-state index contributed by atoms with van der Waals surface area (Å²) in [6.45, 7) is 5.57. The van der Waals surface area contributed by atoms with Gasteiger partial charge in [-0.3, -0.25) is 4.90 Å². The van der Waals surface area contributed by atoms with Crippen LogP contribution >= 0.6 is 0 Å². The number of methoxy groups -OCH3 is 2. The Hall–Kier alpha value is -2.18. The smallest absolute Gasteiger partial charge is 0.161 e. The molecule has 4 rings (SSSR count). The Balaban J connectivity index is 1.47. The van der Waals surface area contributed by atoms with E-state index in [4.69, 9.17) is 19.2 Å². The average Bonchev–Trinajstić information content (AvgIpc) is 2.70. The first-order chi connectivity index (χ1) is 13.1. The van der Waals surface area contributed by atoms with Crippen LogP contribution in [-0.2, 0) is 23.3 Å². The highest BCUT2D eigenvalue weighted by molar-refractivity contribution is 5.42. The lowest BCUT2D eigenvalue weighted by Crippen LogP contribution is -2.47. The third-order valence-corrected chi connectivity index (χ3v) is 5.68. The van der Waals surface area contributed by atoms with Crippen molar-refractivity contribution in [3.63, 3.8) is 0 Å². The molecular formula is C21H27N3O3. The quantitative estimate of drug-likeness (QED) is 0.826. The highest BCUT2D eigenvalue weighted by Crippen LogP contribution is 2.40. The van der Waals surface area contributed by atoms with Gasteiger partial charge in [-0.05, 0) is 49.4 Å². The van der Waals surface area contributed by atoms with Crippen molar-refractivity contribution >= 4 is 0 Å². The zero-order valence-electron chi connectivity index (χ0n) is 16.3. The van der Waals surface area contributed by atoms with Gasteiger partial charge in [-0.15, -0.1) is 0 Å². The molecule has 0 saturated carbocycles. The number of hydrogen-bond donors (Lipinski definition) is 0. The van der Waals surface area contributed by atoms with Gasteiger partial charge in [0.05, 0.1) is 26.5 Å². The second-order valence-corrected chi connectivity index (χ2v) is 7.35. The van der Waals surface area contributed by atoms with Crippen LogP contribution in [0.1, 0.15) is 35.5 Å². The van der Waals surface area contributed by atoms with Gasteiger partial charge in [-0.25, -0.2) is 9.97 Å². The van der Waals surface area contributed by atoms with Crippen molar-refractivity contribution < 1.29 is 14.2 Å². The van der Waals surface area contributed by atoms with E-state index in [2.05, 4.69) is 22.0 Å². The monoisotopic (exact) mass is 369 g/mol. The van der Waals surface area contributed by atoms with Crippen LogP contribution in [-0.4, -0.2) is 48.8 Å². The molecule has 6 heteroatoms. The normalized spacial score (nSPS) is 18.9. The SMILES string of the molecule is COc1ccc(CN2CCC3(CC2)OCCc2cnc(C)nc23)cc1OC. The highest BCUT2D eigenvalue weighted by Gasteiger charge is 2.42. The van der Waals surface area contributed by atoms with Crippen molar-refractivity contribution in [1.82, 2.24) is 14.9 Å². The van der Waals surface area contributed by atoms with Crippen LogP contribution in [0.3, 0.4) is 0 Å². The third-order valence-electron chi connectivity index (χ3n) is 5.68. The molecular weight excluding hydrogens is 342 g/mol. The lowest BCUT2D eigenvalue weighted by Gasteiger charge is -2.44. The van der Waals surface area contributed by atoms with Gasteiger partial charge in [-0.2, -0.15) is 0 Å². The van der Waals surface area contributed by atoms with Gasteiger partial charge in [0.1, 0.15) is 11.4 Å². The first kappa shape index (κ1) is 18.2. The molecule has 2 aromatic rings. The standard InChI is InChI=1S/C21H27N3O3/c1-15-22-13-17-6-11-27-21(20(17)23-15)7-9-24(10-8-21)14-16-4-5-18(25-2)19(12-16)26-3/h4-5,12-13H,6-11,14H2,1-3H3. The minimum absolute atomic E-state index is 0.241. The van der Waals surface area contributed by atoms with Gasteiger partial charge < -0.3 is 14.2 Å². The molecule has 6 nitrogen and oxygen atoms in total. The Morgan fingerprint density at radius 1 is 1.15 bits per heavy atom. The molecule has 3 heterocycles. The molecule has 2 aliphatic heterocycles. The summed E-state index contributed by atoms with van der Waals surface area (Å²) in [5.74, 6) is 2.37. The maximum absolute atomic E-state index is 6.30. The molecule has 0 amide bonds. The molecule has 0 unspecified atom stereocenters. The summed E-state index contributed by atoms with van der Waals surface area (Å²) in [4.78, 5) is 11.6. The minimum Gasteiger partial charge on any atom is -0.493 e. The molecule has 0 aliphatic carbocycles. The molecule has 0 atom stereocenters. The van der Waals surface area contributed by atoms with Gasteiger partial charge >= 0.3 is 0 Å². The number of aromatic nitrogens is 2. The fourth-order valence-electron chi connectivity index (χ4n) is 4.19. The number of aryl methyl sites for hydroxylation is 1. The van der Waals surface area contributed by atoms with E-state index in [0.717, 1.165) is 68.5 Å². The lowest BCUT2D eigenvalue weighted by molar-refractivity contribution is -0.102. The molecule has 2 aliphatic rings.